The van der Waals surface area contributed by atoms with E-state index in [2.05, 4.69) is 88.3 Å². The summed E-state index contributed by atoms with van der Waals surface area (Å²) in [5.41, 5.74) is 2.94. The van der Waals surface area contributed by atoms with Crippen LogP contribution in [-0.4, -0.2) is 94.5 Å². The van der Waals surface area contributed by atoms with Crippen LogP contribution < -0.4 is 0 Å². The first-order chi connectivity index (χ1) is 33.6. The highest BCUT2D eigenvalue weighted by Crippen LogP contribution is 2.54. The molecule has 2 aliphatic carbocycles. The van der Waals surface area contributed by atoms with Crippen molar-refractivity contribution in [2.24, 2.45) is 51.2 Å². The van der Waals surface area contributed by atoms with E-state index in [9.17, 15) is 28.8 Å². The fourth-order valence-electron chi connectivity index (χ4n) is 11.0. The number of likely N-dealkylation sites (tertiary alicyclic amines) is 1. The molecule has 0 aromatic heterocycles. The Kier molecular flexibility index (Phi) is 24.7. The molecule has 2 bridgehead atoms. The van der Waals surface area contributed by atoms with Gasteiger partial charge in [-0.25, -0.2) is 19.3 Å². The summed E-state index contributed by atoms with van der Waals surface area (Å²) in [6.45, 7) is 32.0. The topological polar surface area (TPSA) is 143 Å². The first-order valence-electron chi connectivity index (χ1n) is 25.6. The van der Waals surface area contributed by atoms with Crippen LogP contribution >= 0.6 is 0 Å². The number of nitrogens with zero attached hydrogens (tertiary/aromatic N) is 4. The van der Waals surface area contributed by atoms with Crippen molar-refractivity contribution in [3.8, 4) is 0 Å². The summed E-state index contributed by atoms with van der Waals surface area (Å²) < 4.78 is 15.5. The predicted octanol–water partition coefficient (Wildman–Crippen LogP) is 15.2. The van der Waals surface area contributed by atoms with E-state index in [0.717, 1.165) is 17.5 Å². The molecule has 6 aliphatic rings. The Labute approximate surface area is 465 Å². The average Bonchev–Trinajstić information content (AvgIpc) is 4.16. The van der Waals surface area contributed by atoms with E-state index in [1.807, 2.05) is 109 Å². The number of carbonyl (C=O) groups is 6. The quantitative estimate of drug-likeness (QED) is 0.122. The summed E-state index contributed by atoms with van der Waals surface area (Å²) in [5.74, 6) is 0.657. The molecule has 6 unspecified atom stereocenters. The van der Waals surface area contributed by atoms with Crippen LogP contribution in [0, 0.1) is 51.2 Å². The van der Waals surface area contributed by atoms with Gasteiger partial charge in [0.25, 0.3) is 5.91 Å². The highest BCUT2D eigenvalue weighted by molar-refractivity contribution is 6.07. The maximum atomic E-state index is 12.9. The van der Waals surface area contributed by atoms with Crippen molar-refractivity contribution in [1.82, 2.24) is 19.6 Å². The monoisotopic (exact) mass is 1070 g/mol. The van der Waals surface area contributed by atoms with Gasteiger partial charge in [-0.3, -0.25) is 29.1 Å². The van der Waals surface area contributed by atoms with E-state index in [-0.39, 0.29) is 125 Å². The Hall–Kier alpha value is -5.98. The third-order valence-electron chi connectivity index (χ3n) is 13.6. The van der Waals surface area contributed by atoms with Crippen molar-refractivity contribution in [3.05, 3.63) is 120 Å². The Bertz CT molecular complexity index is 2300. The molecule has 430 valence electrons. The lowest BCUT2D eigenvalue weighted by molar-refractivity contribution is -0.148. The summed E-state index contributed by atoms with van der Waals surface area (Å²) in [6, 6.07) is 29.3. The van der Waals surface area contributed by atoms with E-state index >= 15 is 0 Å². The second kappa shape index (κ2) is 27.6. The van der Waals surface area contributed by atoms with Crippen molar-refractivity contribution in [2.45, 2.75) is 165 Å². The maximum Gasteiger partial charge on any atom is 0.417 e. The summed E-state index contributed by atoms with van der Waals surface area (Å²) in [5, 5.41) is 0. The minimum atomic E-state index is -0.791. The minimum Gasteiger partial charge on any atom is -0.447 e. The zero-order valence-corrected chi connectivity index (χ0v) is 45.2. The normalized spacial score (nSPS) is 23.4. The zero-order valence-electron chi connectivity index (χ0n) is 45.2. The van der Waals surface area contributed by atoms with Crippen LogP contribution in [0.2, 0.25) is 0 Å². The van der Waals surface area contributed by atoms with Gasteiger partial charge in [-0.2, -0.15) is 0 Å². The Morgan fingerprint density at radius 3 is 1.16 bits per heavy atom. The number of hydrogen-bond donors (Lipinski definition) is 0. The highest BCUT2D eigenvalue weighted by atomic mass is 16.6. The van der Waals surface area contributed by atoms with E-state index in [0.29, 0.717) is 50.2 Å². The van der Waals surface area contributed by atoms with Crippen LogP contribution in [0.15, 0.2) is 103 Å². The third kappa shape index (κ3) is 17.0. The number of amides is 6. The van der Waals surface area contributed by atoms with Crippen LogP contribution in [0.3, 0.4) is 0 Å². The number of allylic oxidation sites excluding steroid dienone is 2. The Balaban J connectivity index is 0.000000504. The summed E-state index contributed by atoms with van der Waals surface area (Å²) >= 11 is 0. The molecular weight excluding hydrogens is 969 g/mol. The van der Waals surface area contributed by atoms with Gasteiger partial charge >= 0.3 is 18.3 Å². The molecule has 3 aromatic rings. The summed E-state index contributed by atoms with van der Waals surface area (Å²) in [6.07, 6.45) is 3.57. The van der Waals surface area contributed by atoms with Crippen LogP contribution in [0.4, 0.5) is 14.4 Å². The second-order valence-electron chi connectivity index (χ2n) is 25.1. The van der Waals surface area contributed by atoms with E-state index in [1.165, 1.54) is 4.90 Å². The molecule has 0 radical (unpaired) electrons. The molecule has 0 spiro atoms. The van der Waals surface area contributed by atoms with Gasteiger partial charge in [0.05, 0.1) is 23.9 Å². The maximum absolute atomic E-state index is 12.9. The molecule has 3 aromatic carbocycles. The first-order valence-corrected chi connectivity index (χ1v) is 25.6. The lowest BCUT2D eigenvalue weighted by atomic mass is 9.79. The van der Waals surface area contributed by atoms with Crippen molar-refractivity contribution in [3.63, 3.8) is 0 Å². The summed E-state index contributed by atoms with van der Waals surface area (Å²) in [7, 11) is 0. The van der Waals surface area contributed by atoms with Gasteiger partial charge in [-0.1, -0.05) is 237 Å². The molecule has 0 N–H and O–H groups in total. The molecule has 1 saturated carbocycles. The van der Waals surface area contributed by atoms with E-state index in [4.69, 9.17) is 14.2 Å². The van der Waals surface area contributed by atoms with Crippen molar-refractivity contribution < 1.29 is 43.0 Å². The largest absolute Gasteiger partial charge is 0.447 e. The molecule has 5 fully saturated rings. The molecule has 8 atom stereocenters. The standard InChI is InChI=1S/C17H25NO2.C14H17NO3.2C14H19NO2.5CH4/c1-9(2)14(17(3,4)5)18-15(19)12-10-6-7-11(8-10)13(12)16(18)20;1-14(2,3)9-15-12(16)11(18-13(15)17)10-7-5-4-6-8-10;2*1-14(2,3)10-15-12(9-17-13(15)16)11-7-5-4-6-8-11;;;;;/h6-7,9-14H,8H2,1-5H3;4-8,11H,9H2,1-3H3;2*4-8,12H,9-10H2,1-3H3;5*1H4/t;;2*12-;;;;;/m..10...../s1. The number of carbonyl (C=O) groups excluding carboxylic acids is 6. The molecule has 13 nitrogen and oxygen atoms in total. The van der Waals surface area contributed by atoms with Crippen molar-refractivity contribution >= 4 is 36.0 Å². The predicted molar refractivity (Wildman–Crippen MR) is 312 cm³/mol. The SMILES string of the molecule is C.C.C.C.C.CC(C)(C)CN1C(=O)OC(c2ccccc2)C1=O.CC(C)(C)CN1C(=O)OC[C@@H]1c1ccccc1.CC(C)(C)CN1C(=O)OC[C@H]1c1ccccc1.CC(C)C(N1C(=O)C2C3C=CC(C3)C2C1=O)C(C)(C)C. The van der Waals surface area contributed by atoms with Gasteiger partial charge in [0, 0.05) is 31.2 Å². The van der Waals surface area contributed by atoms with Crippen molar-refractivity contribution in [2.75, 3.05) is 32.8 Å². The smallest absolute Gasteiger partial charge is 0.417 e. The van der Waals surface area contributed by atoms with E-state index in [1.54, 1.807) is 17.0 Å². The highest BCUT2D eigenvalue weighted by Gasteiger charge is 2.61. The van der Waals surface area contributed by atoms with E-state index < -0.39 is 12.2 Å². The van der Waals surface area contributed by atoms with Gasteiger partial charge in [-0.15, -0.1) is 0 Å². The number of ether oxygens (including phenoxy) is 3. The average molecular weight is 1070 g/mol. The van der Waals surface area contributed by atoms with Gasteiger partial charge in [0.2, 0.25) is 17.9 Å². The Morgan fingerprint density at radius 2 is 0.831 bits per heavy atom. The number of cyclic esters (lactones) is 3. The fourth-order valence-corrected chi connectivity index (χ4v) is 11.0. The molecule has 4 aliphatic heterocycles. The van der Waals surface area contributed by atoms with Crippen LogP contribution in [-0.2, 0) is 28.6 Å². The van der Waals surface area contributed by atoms with Crippen LogP contribution in [0.25, 0.3) is 0 Å². The van der Waals surface area contributed by atoms with Gasteiger partial charge in [-0.05, 0) is 57.0 Å². The second-order valence-corrected chi connectivity index (χ2v) is 25.1. The fraction of sp³-hybridized carbons (Fsp3) is 0.594. The minimum absolute atomic E-state index is 0. The molecule has 4 heterocycles. The summed E-state index contributed by atoms with van der Waals surface area (Å²) in [4.78, 5) is 79.6. The molecule has 6 amide bonds. The molecule has 77 heavy (non-hydrogen) atoms. The number of imide groups is 2. The zero-order chi connectivity index (χ0) is 53.1. The number of fused-ring (bicyclic) bond motifs is 5. The number of hydrogen-bond acceptors (Lipinski definition) is 9. The lowest BCUT2D eigenvalue weighted by Crippen LogP contribution is -2.51. The molecular formula is C64H100N4O9. The van der Waals surface area contributed by atoms with Crippen LogP contribution in [0.5, 0.6) is 0 Å². The molecule has 4 saturated heterocycles. The number of rotatable bonds is 8. The number of benzene rings is 3. The van der Waals surface area contributed by atoms with Gasteiger partial charge in [0.1, 0.15) is 13.2 Å². The first kappa shape index (κ1) is 69.0. The molecule has 13 heteroatoms. The third-order valence-corrected chi connectivity index (χ3v) is 13.6. The van der Waals surface area contributed by atoms with Crippen LogP contribution in [0.1, 0.15) is 175 Å². The van der Waals surface area contributed by atoms with Gasteiger partial charge < -0.3 is 14.2 Å². The van der Waals surface area contributed by atoms with Crippen molar-refractivity contribution in [1.29, 1.82) is 0 Å². The Morgan fingerprint density at radius 1 is 0.481 bits per heavy atom. The lowest BCUT2D eigenvalue weighted by Gasteiger charge is -2.40. The molecule has 9 rings (SSSR count). The van der Waals surface area contributed by atoms with Gasteiger partial charge in [0.15, 0.2) is 0 Å².